The molecule has 0 radical (unpaired) electrons. The van der Waals surface area contributed by atoms with Crippen LogP contribution in [0.4, 0.5) is 0 Å². The van der Waals surface area contributed by atoms with Gasteiger partial charge in [0, 0.05) is 10.8 Å². The van der Waals surface area contributed by atoms with Gasteiger partial charge in [-0.2, -0.15) is 0 Å². The third-order valence-electron chi connectivity index (χ3n) is 3.41. The number of nitro groups is 2. The quantitative estimate of drug-likeness (QED) is 0.427. The number of allylic oxidation sites excluding steroid dienone is 1. The minimum atomic E-state index is -1.32. The molecule has 0 aliphatic heterocycles. The number of carboxylic acid groups (broad SMARTS) is 2. The lowest BCUT2D eigenvalue weighted by atomic mass is 9.88. The van der Waals surface area contributed by atoms with Crippen molar-refractivity contribution < 1.29 is 29.6 Å². The molecule has 0 amide bonds. The van der Waals surface area contributed by atoms with Gasteiger partial charge in [-0.15, -0.1) is 0 Å². The minimum Gasteiger partial charge on any atom is -0.481 e. The van der Waals surface area contributed by atoms with Crippen LogP contribution >= 0.6 is 0 Å². The third kappa shape index (κ3) is 8.49. The summed E-state index contributed by atoms with van der Waals surface area (Å²) in [7, 11) is 0. The van der Waals surface area contributed by atoms with Gasteiger partial charge in [-0.1, -0.05) is 13.8 Å². The Hall–Kier alpha value is -2.52. The predicted octanol–water partition coefficient (Wildman–Crippen LogP) is 1.79. The van der Waals surface area contributed by atoms with Crippen LogP contribution in [0.5, 0.6) is 0 Å². The first kappa shape index (κ1) is 20.5. The standard InChI is InChI=1S/C13H20N2O8/c1-8(3-4-10(14(20)21)6-12(16)17)5-9(2)11(15(22)23)7-13(18)19/h4,8-9,11H,3,5-7H2,1-2H3,(H,16,17)(H,18,19)/b10-4-. The molecule has 3 atom stereocenters. The maximum atomic E-state index is 10.9. The molecule has 10 heteroatoms. The number of nitrogens with zero attached hydrogens (tertiary/aromatic N) is 2. The number of aliphatic carboxylic acids is 2. The molecule has 0 spiro atoms. The van der Waals surface area contributed by atoms with Crippen molar-refractivity contribution in [3.05, 3.63) is 32.0 Å². The smallest absolute Gasteiger partial charge is 0.314 e. The molecule has 0 aromatic heterocycles. The summed E-state index contributed by atoms with van der Waals surface area (Å²) in [6.45, 7) is 3.27. The first-order valence-corrected chi connectivity index (χ1v) is 6.95. The lowest BCUT2D eigenvalue weighted by Gasteiger charge is -2.18. The number of carboxylic acids is 2. The highest BCUT2D eigenvalue weighted by atomic mass is 16.6. The summed E-state index contributed by atoms with van der Waals surface area (Å²) in [6.07, 6.45) is 0.393. The molecule has 0 aromatic carbocycles. The Bertz CT molecular complexity index is 502. The van der Waals surface area contributed by atoms with Crippen LogP contribution in [0.1, 0.15) is 39.5 Å². The summed E-state index contributed by atoms with van der Waals surface area (Å²) in [5.41, 5.74) is -0.437. The summed E-state index contributed by atoms with van der Waals surface area (Å²) in [4.78, 5) is 41.4. The Kier molecular flexibility index (Phi) is 8.45. The van der Waals surface area contributed by atoms with Crippen molar-refractivity contribution in [2.24, 2.45) is 11.8 Å². The number of hydrogen-bond acceptors (Lipinski definition) is 6. The summed E-state index contributed by atoms with van der Waals surface area (Å²) >= 11 is 0. The molecular weight excluding hydrogens is 312 g/mol. The minimum absolute atomic E-state index is 0.186. The van der Waals surface area contributed by atoms with Crippen LogP contribution in [0.25, 0.3) is 0 Å². The average molecular weight is 332 g/mol. The molecule has 0 heterocycles. The Morgan fingerprint density at radius 2 is 1.70 bits per heavy atom. The zero-order valence-corrected chi connectivity index (χ0v) is 12.9. The predicted molar refractivity (Wildman–Crippen MR) is 77.9 cm³/mol. The van der Waals surface area contributed by atoms with Gasteiger partial charge in [0.1, 0.15) is 12.8 Å². The van der Waals surface area contributed by atoms with Crippen molar-refractivity contribution in [3.8, 4) is 0 Å². The molecule has 0 rings (SSSR count). The summed E-state index contributed by atoms with van der Waals surface area (Å²) in [6, 6.07) is -1.23. The summed E-state index contributed by atoms with van der Waals surface area (Å²) in [5, 5.41) is 38.9. The van der Waals surface area contributed by atoms with E-state index < -0.39 is 52.3 Å². The largest absolute Gasteiger partial charge is 0.481 e. The van der Waals surface area contributed by atoms with Crippen LogP contribution in [-0.4, -0.2) is 38.0 Å². The Balaban J connectivity index is 4.75. The molecule has 0 saturated carbocycles. The van der Waals surface area contributed by atoms with Gasteiger partial charge >= 0.3 is 11.9 Å². The van der Waals surface area contributed by atoms with E-state index in [4.69, 9.17) is 10.2 Å². The Labute approximate surface area is 132 Å². The van der Waals surface area contributed by atoms with Crippen molar-refractivity contribution >= 4 is 11.9 Å². The van der Waals surface area contributed by atoms with E-state index in [-0.39, 0.29) is 12.3 Å². The highest BCUT2D eigenvalue weighted by Crippen LogP contribution is 2.23. The molecule has 2 N–H and O–H groups in total. The zero-order chi connectivity index (χ0) is 18.2. The van der Waals surface area contributed by atoms with Gasteiger partial charge in [0.15, 0.2) is 0 Å². The van der Waals surface area contributed by atoms with E-state index in [0.717, 1.165) is 0 Å². The van der Waals surface area contributed by atoms with E-state index in [0.29, 0.717) is 6.42 Å². The van der Waals surface area contributed by atoms with Gasteiger partial charge in [-0.25, -0.2) is 0 Å². The SMILES string of the molecule is CC(C/C=C(/CC(=O)O)[N+](=O)[O-])CC(C)C(CC(=O)O)[N+](=O)[O-]. The van der Waals surface area contributed by atoms with Gasteiger partial charge in [-0.3, -0.25) is 29.8 Å². The van der Waals surface area contributed by atoms with Crippen LogP contribution in [0.15, 0.2) is 11.8 Å². The van der Waals surface area contributed by atoms with Crippen LogP contribution < -0.4 is 0 Å². The molecule has 0 saturated heterocycles. The second kappa shape index (κ2) is 9.49. The molecule has 0 bridgehead atoms. The van der Waals surface area contributed by atoms with E-state index in [1.165, 1.54) is 6.08 Å². The number of hydrogen-bond donors (Lipinski definition) is 2. The van der Waals surface area contributed by atoms with E-state index in [2.05, 4.69) is 0 Å². The molecule has 10 nitrogen and oxygen atoms in total. The Morgan fingerprint density at radius 1 is 1.13 bits per heavy atom. The maximum Gasteiger partial charge on any atom is 0.314 e. The molecule has 0 aliphatic rings. The zero-order valence-electron chi connectivity index (χ0n) is 12.9. The molecule has 3 unspecified atom stereocenters. The molecule has 23 heavy (non-hydrogen) atoms. The van der Waals surface area contributed by atoms with Crippen LogP contribution in [0.2, 0.25) is 0 Å². The van der Waals surface area contributed by atoms with Crippen LogP contribution in [0.3, 0.4) is 0 Å². The van der Waals surface area contributed by atoms with Gasteiger partial charge in [0.2, 0.25) is 6.04 Å². The van der Waals surface area contributed by atoms with Crippen molar-refractivity contribution in [1.29, 1.82) is 0 Å². The molecule has 0 fully saturated rings. The number of carbonyl (C=O) groups is 2. The van der Waals surface area contributed by atoms with E-state index in [1.807, 2.05) is 0 Å². The highest BCUT2D eigenvalue weighted by Gasteiger charge is 2.31. The van der Waals surface area contributed by atoms with Gasteiger partial charge < -0.3 is 10.2 Å². The molecule has 130 valence electrons. The van der Waals surface area contributed by atoms with E-state index >= 15 is 0 Å². The fourth-order valence-electron chi connectivity index (χ4n) is 2.25. The van der Waals surface area contributed by atoms with Crippen molar-refractivity contribution in [2.45, 2.75) is 45.6 Å². The first-order valence-electron chi connectivity index (χ1n) is 6.95. The van der Waals surface area contributed by atoms with Crippen LogP contribution in [-0.2, 0) is 9.59 Å². The topological polar surface area (TPSA) is 161 Å². The van der Waals surface area contributed by atoms with Crippen LogP contribution in [0, 0.1) is 32.1 Å². The average Bonchev–Trinajstić information content (AvgIpc) is 2.39. The van der Waals surface area contributed by atoms with Gasteiger partial charge in [0.05, 0.1) is 4.92 Å². The fourth-order valence-corrected chi connectivity index (χ4v) is 2.25. The van der Waals surface area contributed by atoms with E-state index in [9.17, 15) is 29.8 Å². The van der Waals surface area contributed by atoms with Crippen molar-refractivity contribution in [1.82, 2.24) is 0 Å². The second-order valence-electron chi connectivity index (χ2n) is 5.53. The fraction of sp³-hybridized carbons (Fsp3) is 0.692. The first-order chi connectivity index (χ1) is 10.5. The second-order valence-corrected chi connectivity index (χ2v) is 5.53. The monoisotopic (exact) mass is 332 g/mol. The molecule has 0 aliphatic carbocycles. The third-order valence-corrected chi connectivity index (χ3v) is 3.41. The summed E-state index contributed by atoms with van der Waals surface area (Å²) < 4.78 is 0. The van der Waals surface area contributed by atoms with Crippen molar-refractivity contribution in [3.63, 3.8) is 0 Å². The lowest BCUT2D eigenvalue weighted by molar-refractivity contribution is -0.531. The Morgan fingerprint density at radius 3 is 2.09 bits per heavy atom. The lowest BCUT2D eigenvalue weighted by Crippen LogP contribution is -2.31. The van der Waals surface area contributed by atoms with E-state index in [1.54, 1.807) is 13.8 Å². The molecule has 0 aromatic rings. The molecular formula is C13H20N2O8. The number of rotatable bonds is 11. The van der Waals surface area contributed by atoms with Crippen molar-refractivity contribution in [2.75, 3.05) is 0 Å². The van der Waals surface area contributed by atoms with Gasteiger partial charge in [-0.05, 0) is 24.8 Å². The normalized spacial score (nSPS) is 15.5. The highest BCUT2D eigenvalue weighted by molar-refractivity contribution is 5.69. The maximum absolute atomic E-state index is 10.9. The summed E-state index contributed by atoms with van der Waals surface area (Å²) in [5.74, 6) is -3.29. The van der Waals surface area contributed by atoms with Gasteiger partial charge in [0.25, 0.3) is 5.70 Å².